The van der Waals surface area contributed by atoms with E-state index in [1.807, 2.05) is 12.1 Å². The standard InChI is InChI=1S/C16H19N5O3S.C9H11N.C7H9ClN4O3S.CH2O3.Na/c1-10(22)17-8-9-25-16-14(20-24-21-16)15(19-23)18-13-7-6-11-4-2-3-5-12(11)13;10-9-6-5-7-3-1-2-4-8(7)9;1-4(13)9-2-3-16-7-5(6(8)10-14)11-15-12-7;2-1-4-3;/h2-5,13,23H,6-9H2,1H3,(H,17,22)(H,18,19);1-4,9H,5-6,10H2;14H,2-3H2,1H3,(H,9,13);1,3H;/q;;;;+1/p-1/b;;10-6-;;. The Balaban J connectivity index is 0.000000298. The molecule has 2 heterocycles. The topological polar surface area (TPSA) is 289 Å². The normalized spacial score (nSPS) is 15.1. The molecule has 2 unspecified atom stereocenters. The summed E-state index contributed by atoms with van der Waals surface area (Å²) in [5.74, 6) is 1.22. The third-order valence-corrected chi connectivity index (χ3v) is 9.72. The molecule has 296 valence electrons. The molecular formula is C33H40ClN10NaO9S2. The van der Waals surface area contributed by atoms with E-state index in [1.165, 1.54) is 54.1 Å². The molecule has 0 spiro atoms. The van der Waals surface area contributed by atoms with Gasteiger partial charge < -0.3 is 31.7 Å². The Morgan fingerprint density at radius 3 is 1.95 bits per heavy atom. The number of thioether (sulfide) groups is 2. The second-order valence-electron chi connectivity index (χ2n) is 11.3. The van der Waals surface area contributed by atoms with Gasteiger partial charge in [0.15, 0.2) is 32.4 Å². The number of hydrogen-bond donors (Lipinski definition) is 6. The van der Waals surface area contributed by atoms with Crippen molar-refractivity contribution in [3.05, 3.63) is 82.2 Å². The van der Waals surface area contributed by atoms with Gasteiger partial charge in [-0.15, -0.1) is 0 Å². The van der Waals surface area contributed by atoms with Gasteiger partial charge in [0.1, 0.15) is 0 Å². The summed E-state index contributed by atoms with van der Waals surface area (Å²) in [6.07, 6.45) is 4.12. The van der Waals surface area contributed by atoms with Gasteiger partial charge in [-0.1, -0.05) is 88.8 Å². The number of hydroxylamine groups is 1. The van der Waals surface area contributed by atoms with E-state index in [-0.39, 0.29) is 70.6 Å². The number of carbonyl (C=O) groups excluding carboxylic acids is 3. The summed E-state index contributed by atoms with van der Waals surface area (Å²) in [6.45, 7) is 3.71. The van der Waals surface area contributed by atoms with Crippen LogP contribution in [-0.2, 0) is 32.1 Å². The molecule has 7 N–H and O–H groups in total. The molecule has 2 aromatic carbocycles. The van der Waals surface area contributed by atoms with E-state index in [0.717, 1.165) is 31.2 Å². The summed E-state index contributed by atoms with van der Waals surface area (Å²) in [5, 5.41) is 50.0. The summed E-state index contributed by atoms with van der Waals surface area (Å²) in [5.41, 5.74) is 13.7. The fourth-order valence-electron chi connectivity index (χ4n) is 5.18. The van der Waals surface area contributed by atoms with E-state index >= 15 is 0 Å². The third-order valence-electron chi connectivity index (χ3n) is 7.56. The maximum absolute atomic E-state index is 10.9. The van der Waals surface area contributed by atoms with E-state index in [0.29, 0.717) is 46.4 Å². The summed E-state index contributed by atoms with van der Waals surface area (Å²) in [4.78, 5) is 37.3. The van der Waals surface area contributed by atoms with Crippen molar-refractivity contribution in [1.82, 2.24) is 36.7 Å². The van der Waals surface area contributed by atoms with E-state index < -0.39 is 0 Å². The number of amidine groups is 1. The van der Waals surface area contributed by atoms with Crippen LogP contribution in [0.1, 0.15) is 72.4 Å². The number of nitrogens with two attached hydrogens (primary N) is 1. The molecule has 0 bridgehead atoms. The maximum Gasteiger partial charge on any atom is 1.00 e. The van der Waals surface area contributed by atoms with Crippen molar-refractivity contribution in [1.29, 1.82) is 0 Å². The van der Waals surface area contributed by atoms with E-state index in [9.17, 15) is 14.8 Å². The second-order valence-corrected chi connectivity index (χ2v) is 13.8. The molecule has 0 fully saturated rings. The van der Waals surface area contributed by atoms with Crippen LogP contribution in [0.2, 0.25) is 0 Å². The molecule has 0 saturated carbocycles. The zero-order chi connectivity index (χ0) is 40.0. The first-order valence-corrected chi connectivity index (χ1v) is 18.9. The molecule has 2 aliphatic carbocycles. The molecule has 23 heteroatoms. The minimum atomic E-state index is -0.191. The number of halogens is 1. The molecule has 2 aliphatic rings. The zero-order valence-corrected chi connectivity index (χ0v) is 35.1. The zero-order valence-electron chi connectivity index (χ0n) is 30.7. The molecule has 6 rings (SSSR count). The number of aromatic nitrogens is 4. The number of amides is 2. The van der Waals surface area contributed by atoms with Crippen molar-refractivity contribution < 1.29 is 73.8 Å². The van der Waals surface area contributed by atoms with Gasteiger partial charge in [-0.2, -0.15) is 0 Å². The van der Waals surface area contributed by atoms with Crippen LogP contribution in [0.5, 0.6) is 0 Å². The van der Waals surface area contributed by atoms with Crippen LogP contribution >= 0.6 is 35.1 Å². The molecule has 0 aliphatic heterocycles. The number of rotatable bonds is 12. The number of oxime groups is 1. The Kier molecular flexibility index (Phi) is 23.0. The van der Waals surface area contributed by atoms with Crippen molar-refractivity contribution in [2.75, 3.05) is 24.6 Å². The van der Waals surface area contributed by atoms with E-state index in [2.05, 4.69) is 92.8 Å². The van der Waals surface area contributed by atoms with Crippen LogP contribution in [-0.4, -0.2) is 84.9 Å². The number of nitrogens with zero attached hydrogens (tertiary/aromatic N) is 6. The van der Waals surface area contributed by atoms with E-state index in [4.69, 9.17) is 37.2 Å². The summed E-state index contributed by atoms with van der Waals surface area (Å²) >= 11 is 8.20. The predicted octanol–water partition coefficient (Wildman–Crippen LogP) is -0.546. The van der Waals surface area contributed by atoms with Gasteiger partial charge in [0.05, 0.1) is 6.04 Å². The molecular weight excluding hydrogens is 803 g/mol. The molecule has 0 radical (unpaired) electrons. The van der Waals surface area contributed by atoms with Gasteiger partial charge in [0, 0.05) is 44.5 Å². The Morgan fingerprint density at radius 1 is 0.929 bits per heavy atom. The van der Waals surface area contributed by atoms with Crippen molar-refractivity contribution in [3.8, 4) is 0 Å². The minimum absolute atomic E-state index is 0. The third kappa shape index (κ3) is 15.8. The fraction of sp³-hybridized carbons (Fsp3) is 0.364. The fourth-order valence-corrected chi connectivity index (χ4v) is 6.86. The Labute approximate surface area is 357 Å². The molecule has 2 atom stereocenters. The number of aryl methyl sites for hydroxylation is 2. The monoisotopic (exact) mass is 842 g/mol. The van der Waals surface area contributed by atoms with Gasteiger partial charge in [0.2, 0.25) is 11.8 Å². The van der Waals surface area contributed by atoms with Gasteiger partial charge >= 0.3 is 29.6 Å². The average Bonchev–Trinajstić information content (AvgIpc) is 4.02. The number of nitrogens with one attached hydrogen (secondary N) is 3. The number of aliphatic imine (C=N–C) groups is 1. The minimum Gasteiger partial charge on any atom is -0.662 e. The first-order chi connectivity index (χ1) is 26.6. The van der Waals surface area contributed by atoms with Crippen LogP contribution in [0.3, 0.4) is 0 Å². The molecule has 2 amide bonds. The first kappa shape index (κ1) is 48.1. The second kappa shape index (κ2) is 26.7. The van der Waals surface area contributed by atoms with E-state index in [1.54, 1.807) is 0 Å². The molecule has 4 aromatic rings. The Hall–Kier alpha value is -4.06. The van der Waals surface area contributed by atoms with Crippen molar-refractivity contribution in [2.45, 2.75) is 61.7 Å². The average molecular weight is 843 g/mol. The number of hydrogen-bond acceptors (Lipinski definition) is 18. The molecule has 2 aromatic heterocycles. The van der Waals surface area contributed by atoms with Crippen LogP contribution in [0.25, 0.3) is 0 Å². The van der Waals surface area contributed by atoms with Gasteiger partial charge in [0.25, 0.3) is 6.47 Å². The quantitative estimate of drug-likeness (QED) is 0.0120. The summed E-state index contributed by atoms with van der Waals surface area (Å²) in [6, 6.07) is 16.8. The van der Waals surface area contributed by atoms with Gasteiger partial charge in [-0.05, 0) is 68.6 Å². The Bertz CT molecular complexity index is 1890. The largest absolute Gasteiger partial charge is 1.00 e. The van der Waals surface area contributed by atoms with Crippen LogP contribution < -0.4 is 56.7 Å². The maximum atomic E-state index is 10.9. The smallest absolute Gasteiger partial charge is 0.662 e. The van der Waals surface area contributed by atoms with Crippen molar-refractivity contribution in [3.63, 3.8) is 0 Å². The number of fused-ring (bicyclic) bond motifs is 2. The molecule has 56 heavy (non-hydrogen) atoms. The molecule has 19 nitrogen and oxygen atoms in total. The molecule has 0 saturated heterocycles. The first-order valence-electron chi connectivity index (χ1n) is 16.5. The SMILES string of the molecule is CC(=O)NCCSc1nonc1/C(Cl)=N/O.CC(=O)NCCSc1nonc1C(=NC1CCc2ccccc21)NO.NC1CCc2ccccc21.O=CO[O-].[Na+]. The van der Waals surface area contributed by atoms with Crippen molar-refractivity contribution in [2.24, 2.45) is 15.9 Å². The van der Waals surface area contributed by atoms with Crippen LogP contribution in [0.4, 0.5) is 0 Å². The van der Waals surface area contributed by atoms with Crippen molar-refractivity contribution >= 4 is 64.4 Å². The number of benzene rings is 2. The summed E-state index contributed by atoms with van der Waals surface area (Å²) in [7, 11) is 0. The number of carbonyl (C=O) groups is 3. The van der Waals surface area contributed by atoms with Gasteiger partial charge in [-0.3, -0.25) is 30.1 Å². The Morgan fingerprint density at radius 2 is 1.43 bits per heavy atom. The van der Waals surface area contributed by atoms with Crippen LogP contribution in [0.15, 0.2) is 78.0 Å². The van der Waals surface area contributed by atoms with Gasteiger partial charge in [-0.25, -0.2) is 9.26 Å². The summed E-state index contributed by atoms with van der Waals surface area (Å²) < 4.78 is 9.26. The van der Waals surface area contributed by atoms with Crippen LogP contribution in [0, 0.1) is 0 Å². The predicted molar refractivity (Wildman–Crippen MR) is 199 cm³/mol.